The van der Waals surface area contributed by atoms with Gasteiger partial charge < -0.3 is 15.7 Å². The zero-order chi connectivity index (χ0) is 19.6. The average Bonchev–Trinajstić information content (AvgIpc) is 3.47. The fourth-order valence-electron chi connectivity index (χ4n) is 2.62. The molecule has 1 fully saturated rings. The summed E-state index contributed by atoms with van der Waals surface area (Å²) in [6.07, 6.45) is 1.83. The minimum atomic E-state index is -1.00. The molecule has 0 aromatic heterocycles. The molecule has 0 bridgehead atoms. The van der Waals surface area contributed by atoms with Crippen LogP contribution in [0.5, 0.6) is 0 Å². The standard InChI is InChI=1S/C21H22N2O4/c1-21(2,20(26)27)15-8-10-16(11-9-15)22-19(25)14-4-3-5-17(12-14)23-18(24)13-6-7-13/h3-5,8-13H,6-7H2,1-2H3,(H,22,25)(H,23,24)(H,26,27). The Morgan fingerprint density at radius 3 is 2.22 bits per heavy atom. The molecule has 0 saturated heterocycles. The number of amides is 2. The third-order valence-corrected chi connectivity index (χ3v) is 4.74. The molecule has 3 N–H and O–H groups in total. The Kier molecular flexibility index (Phi) is 4.99. The van der Waals surface area contributed by atoms with E-state index in [1.807, 2.05) is 0 Å². The molecule has 2 aromatic carbocycles. The van der Waals surface area contributed by atoms with E-state index in [2.05, 4.69) is 10.6 Å². The van der Waals surface area contributed by atoms with Gasteiger partial charge in [0.05, 0.1) is 5.41 Å². The van der Waals surface area contributed by atoms with Gasteiger partial charge in [0, 0.05) is 22.9 Å². The van der Waals surface area contributed by atoms with Gasteiger partial charge in [-0.1, -0.05) is 18.2 Å². The molecule has 0 unspecified atom stereocenters. The topological polar surface area (TPSA) is 95.5 Å². The first kappa shape index (κ1) is 18.6. The average molecular weight is 366 g/mol. The molecule has 2 amide bonds. The Labute approximate surface area is 157 Å². The Balaban J connectivity index is 1.68. The summed E-state index contributed by atoms with van der Waals surface area (Å²) in [6, 6.07) is 13.5. The summed E-state index contributed by atoms with van der Waals surface area (Å²) in [5, 5.41) is 14.9. The molecular formula is C21H22N2O4. The lowest BCUT2D eigenvalue weighted by Crippen LogP contribution is -2.28. The predicted molar refractivity (Wildman–Crippen MR) is 103 cm³/mol. The van der Waals surface area contributed by atoms with Gasteiger partial charge in [-0.05, 0) is 62.6 Å². The van der Waals surface area contributed by atoms with Crippen molar-refractivity contribution in [2.24, 2.45) is 5.92 Å². The molecule has 3 rings (SSSR count). The first-order valence-electron chi connectivity index (χ1n) is 8.83. The number of benzene rings is 2. The van der Waals surface area contributed by atoms with E-state index in [1.165, 1.54) is 0 Å². The Morgan fingerprint density at radius 1 is 0.963 bits per heavy atom. The molecule has 1 saturated carbocycles. The molecule has 0 radical (unpaired) electrons. The lowest BCUT2D eigenvalue weighted by atomic mass is 9.85. The summed E-state index contributed by atoms with van der Waals surface area (Å²) in [4.78, 5) is 35.6. The third-order valence-electron chi connectivity index (χ3n) is 4.74. The fraction of sp³-hybridized carbons (Fsp3) is 0.286. The first-order chi connectivity index (χ1) is 12.8. The Morgan fingerprint density at radius 2 is 1.63 bits per heavy atom. The fourth-order valence-corrected chi connectivity index (χ4v) is 2.62. The van der Waals surface area contributed by atoms with Crippen LogP contribution < -0.4 is 10.6 Å². The molecule has 1 aliphatic carbocycles. The van der Waals surface area contributed by atoms with E-state index in [4.69, 9.17) is 0 Å². The van der Waals surface area contributed by atoms with Crippen molar-refractivity contribution in [3.63, 3.8) is 0 Å². The lowest BCUT2D eigenvalue weighted by Gasteiger charge is -2.19. The highest BCUT2D eigenvalue weighted by Gasteiger charge is 2.30. The number of nitrogens with one attached hydrogen (secondary N) is 2. The van der Waals surface area contributed by atoms with Crippen molar-refractivity contribution >= 4 is 29.2 Å². The molecule has 0 aliphatic heterocycles. The number of carboxylic acids is 1. The number of carbonyl (C=O) groups is 3. The number of rotatable bonds is 6. The van der Waals surface area contributed by atoms with Crippen molar-refractivity contribution in [2.75, 3.05) is 10.6 Å². The van der Waals surface area contributed by atoms with Gasteiger partial charge in [-0.25, -0.2) is 0 Å². The van der Waals surface area contributed by atoms with Crippen LogP contribution in [0.3, 0.4) is 0 Å². The summed E-state index contributed by atoms with van der Waals surface area (Å²) >= 11 is 0. The van der Waals surface area contributed by atoms with Crippen molar-refractivity contribution < 1.29 is 19.5 Å². The van der Waals surface area contributed by atoms with Gasteiger partial charge in [0.2, 0.25) is 5.91 Å². The van der Waals surface area contributed by atoms with Crippen molar-refractivity contribution in [3.05, 3.63) is 59.7 Å². The number of carboxylic acid groups (broad SMARTS) is 1. The number of aliphatic carboxylic acids is 1. The van der Waals surface area contributed by atoms with E-state index in [0.717, 1.165) is 12.8 Å². The third kappa shape index (κ3) is 4.34. The Bertz CT molecular complexity index is 883. The van der Waals surface area contributed by atoms with E-state index in [1.54, 1.807) is 62.4 Å². The van der Waals surface area contributed by atoms with Crippen LogP contribution in [0.25, 0.3) is 0 Å². The van der Waals surface area contributed by atoms with Gasteiger partial charge in [-0.3, -0.25) is 14.4 Å². The second-order valence-electron chi connectivity index (χ2n) is 7.31. The molecule has 0 atom stereocenters. The number of hydrogen-bond acceptors (Lipinski definition) is 3. The molecular weight excluding hydrogens is 344 g/mol. The minimum Gasteiger partial charge on any atom is -0.481 e. The van der Waals surface area contributed by atoms with Crippen molar-refractivity contribution in [3.8, 4) is 0 Å². The molecule has 0 heterocycles. The van der Waals surface area contributed by atoms with Gasteiger partial charge in [-0.15, -0.1) is 0 Å². The highest BCUT2D eigenvalue weighted by atomic mass is 16.4. The van der Waals surface area contributed by atoms with Crippen LogP contribution >= 0.6 is 0 Å². The van der Waals surface area contributed by atoms with Crippen LogP contribution in [0.1, 0.15) is 42.6 Å². The largest absolute Gasteiger partial charge is 0.481 e. The first-order valence-corrected chi connectivity index (χ1v) is 8.83. The van der Waals surface area contributed by atoms with E-state index in [-0.39, 0.29) is 17.7 Å². The van der Waals surface area contributed by atoms with Gasteiger partial charge >= 0.3 is 5.97 Å². The monoisotopic (exact) mass is 366 g/mol. The summed E-state index contributed by atoms with van der Waals surface area (Å²) in [5.74, 6) is -1.13. The highest BCUT2D eigenvalue weighted by molar-refractivity contribution is 6.05. The van der Waals surface area contributed by atoms with Gasteiger partial charge in [-0.2, -0.15) is 0 Å². The van der Waals surface area contributed by atoms with Crippen LogP contribution in [0.2, 0.25) is 0 Å². The summed E-state index contributed by atoms with van der Waals surface area (Å²) in [5.41, 5.74) is 1.24. The van der Waals surface area contributed by atoms with Crippen LogP contribution in [0.15, 0.2) is 48.5 Å². The molecule has 140 valence electrons. The summed E-state index contributed by atoms with van der Waals surface area (Å²) in [6.45, 7) is 3.26. The van der Waals surface area contributed by atoms with E-state index in [0.29, 0.717) is 22.5 Å². The minimum absolute atomic E-state index is 0.0100. The van der Waals surface area contributed by atoms with Crippen LogP contribution in [-0.4, -0.2) is 22.9 Å². The zero-order valence-corrected chi connectivity index (χ0v) is 15.3. The molecule has 6 nitrogen and oxygen atoms in total. The number of carbonyl (C=O) groups excluding carboxylic acids is 2. The smallest absolute Gasteiger partial charge is 0.313 e. The molecule has 1 aliphatic rings. The van der Waals surface area contributed by atoms with Crippen LogP contribution in [-0.2, 0) is 15.0 Å². The summed E-state index contributed by atoms with van der Waals surface area (Å²) < 4.78 is 0. The van der Waals surface area contributed by atoms with Gasteiger partial charge in [0.25, 0.3) is 5.91 Å². The van der Waals surface area contributed by atoms with Crippen molar-refractivity contribution in [2.45, 2.75) is 32.1 Å². The quantitative estimate of drug-likeness (QED) is 0.727. The van der Waals surface area contributed by atoms with Crippen LogP contribution in [0, 0.1) is 5.92 Å². The van der Waals surface area contributed by atoms with Gasteiger partial charge in [0.15, 0.2) is 0 Å². The predicted octanol–water partition coefficient (Wildman–Crippen LogP) is 3.65. The second-order valence-corrected chi connectivity index (χ2v) is 7.31. The Hall–Kier alpha value is -3.15. The highest BCUT2D eigenvalue weighted by Crippen LogP contribution is 2.30. The van der Waals surface area contributed by atoms with Gasteiger partial charge in [0.1, 0.15) is 0 Å². The van der Waals surface area contributed by atoms with Crippen molar-refractivity contribution in [1.29, 1.82) is 0 Å². The van der Waals surface area contributed by atoms with E-state index < -0.39 is 11.4 Å². The molecule has 6 heteroatoms. The van der Waals surface area contributed by atoms with Crippen molar-refractivity contribution in [1.82, 2.24) is 0 Å². The number of anilines is 2. The molecule has 0 spiro atoms. The second kappa shape index (κ2) is 7.23. The normalized spacial score (nSPS) is 13.7. The molecule has 2 aromatic rings. The maximum absolute atomic E-state index is 12.5. The van der Waals surface area contributed by atoms with E-state index >= 15 is 0 Å². The lowest BCUT2D eigenvalue weighted by molar-refractivity contribution is -0.142. The zero-order valence-electron chi connectivity index (χ0n) is 15.3. The summed E-state index contributed by atoms with van der Waals surface area (Å²) in [7, 11) is 0. The maximum atomic E-state index is 12.5. The number of hydrogen-bond donors (Lipinski definition) is 3. The SMILES string of the molecule is CC(C)(C(=O)O)c1ccc(NC(=O)c2cccc(NC(=O)C3CC3)c2)cc1. The van der Waals surface area contributed by atoms with Crippen LogP contribution in [0.4, 0.5) is 11.4 Å². The molecule has 27 heavy (non-hydrogen) atoms. The van der Waals surface area contributed by atoms with E-state index in [9.17, 15) is 19.5 Å². The maximum Gasteiger partial charge on any atom is 0.313 e.